The molecule has 2 aromatic heterocycles. The first-order valence-corrected chi connectivity index (χ1v) is 36.1. The van der Waals surface area contributed by atoms with Crippen molar-refractivity contribution in [3.63, 3.8) is 0 Å². The fourth-order valence-electron chi connectivity index (χ4n) is 16.4. The van der Waals surface area contributed by atoms with E-state index in [9.17, 15) is 5.26 Å². The van der Waals surface area contributed by atoms with Crippen molar-refractivity contribution in [2.24, 2.45) is 0 Å². The highest BCUT2D eigenvalue weighted by Crippen LogP contribution is 2.54. The van der Waals surface area contributed by atoms with Gasteiger partial charge >= 0.3 is 0 Å². The van der Waals surface area contributed by atoms with Crippen LogP contribution in [0.3, 0.4) is 0 Å². The van der Waals surface area contributed by atoms with Gasteiger partial charge in [0.05, 0.1) is 39.7 Å². The number of rotatable bonds is 9. The van der Waals surface area contributed by atoms with Crippen LogP contribution >= 0.6 is 0 Å². The maximum Gasteiger partial charge on any atom is 0.252 e. The summed E-state index contributed by atoms with van der Waals surface area (Å²) in [5, 5.41) is 14.7. The molecule has 6 heteroatoms. The molecular formula is C97H77BN4O. The van der Waals surface area contributed by atoms with Crippen LogP contribution in [0.5, 0.6) is 0 Å². The summed E-state index contributed by atoms with van der Waals surface area (Å²) in [5.41, 5.74) is 32.6. The van der Waals surface area contributed by atoms with Crippen molar-refractivity contribution in [1.82, 2.24) is 4.57 Å². The van der Waals surface area contributed by atoms with E-state index in [1.807, 2.05) is 12.1 Å². The van der Waals surface area contributed by atoms with Crippen molar-refractivity contribution in [2.75, 3.05) is 9.80 Å². The van der Waals surface area contributed by atoms with Crippen molar-refractivity contribution < 1.29 is 4.42 Å². The Morgan fingerprint density at radius 1 is 0.311 bits per heavy atom. The number of hydrogen-bond acceptors (Lipinski definition) is 4. The lowest BCUT2D eigenvalue weighted by molar-refractivity contribution is 0.590. The second-order valence-electron chi connectivity index (χ2n) is 31.1. The number of para-hydroxylation sites is 3. The van der Waals surface area contributed by atoms with Crippen LogP contribution in [0.15, 0.2) is 308 Å². The largest absolute Gasteiger partial charge is 0.456 e. The predicted octanol–water partition coefficient (Wildman–Crippen LogP) is 24.5. The predicted molar refractivity (Wildman–Crippen MR) is 436 cm³/mol. The van der Waals surface area contributed by atoms with Crippen LogP contribution < -0.4 is 26.2 Å². The van der Waals surface area contributed by atoms with Gasteiger partial charge < -0.3 is 18.8 Å². The Labute approximate surface area is 603 Å². The van der Waals surface area contributed by atoms with E-state index in [0.717, 1.165) is 145 Å². The minimum atomic E-state index is -0.284. The summed E-state index contributed by atoms with van der Waals surface area (Å²) in [6.45, 7) is 20.6. The fourth-order valence-corrected chi connectivity index (χ4v) is 16.4. The average Bonchev–Trinajstić information content (AvgIpc) is 1.27. The molecule has 16 aromatic rings. The number of benzene rings is 14. The molecule has 14 aromatic carbocycles. The van der Waals surface area contributed by atoms with Crippen molar-refractivity contribution >= 4 is 101 Å². The molecule has 5 nitrogen and oxygen atoms in total. The summed E-state index contributed by atoms with van der Waals surface area (Å²) in [6.07, 6.45) is 0. The Bertz CT molecular complexity index is 6070. The van der Waals surface area contributed by atoms with Crippen LogP contribution in [0, 0.1) is 11.3 Å². The third-order valence-electron chi connectivity index (χ3n) is 21.7. The average molecular weight is 1330 g/mol. The molecule has 0 fully saturated rings. The molecule has 0 unspecified atom stereocenters. The van der Waals surface area contributed by atoms with E-state index in [1.54, 1.807) is 0 Å². The van der Waals surface area contributed by atoms with E-state index in [4.69, 9.17) is 4.42 Å². The minimum Gasteiger partial charge on any atom is -0.456 e. The maximum atomic E-state index is 10.4. The van der Waals surface area contributed by atoms with E-state index >= 15 is 0 Å². The fraction of sp³-hybridized carbons (Fsp3) is 0.124. The molecular weight excluding hydrogens is 1250 g/mol. The number of nitriles is 1. The molecule has 18 rings (SSSR count). The van der Waals surface area contributed by atoms with E-state index in [2.05, 4.69) is 374 Å². The molecule has 4 heterocycles. The Morgan fingerprint density at radius 3 is 1.53 bits per heavy atom. The number of fused-ring (bicyclic) bond motifs is 10. The van der Waals surface area contributed by atoms with Gasteiger partial charge in [0.2, 0.25) is 0 Å². The molecule has 0 N–H and O–H groups in total. The van der Waals surface area contributed by atoms with Gasteiger partial charge in [-0.05, 0) is 179 Å². The molecule has 0 aliphatic carbocycles. The number of hydrogen-bond donors (Lipinski definition) is 0. The van der Waals surface area contributed by atoms with Gasteiger partial charge in [-0.3, -0.25) is 0 Å². The van der Waals surface area contributed by atoms with E-state index < -0.39 is 0 Å². The highest BCUT2D eigenvalue weighted by Gasteiger charge is 2.46. The van der Waals surface area contributed by atoms with Crippen LogP contribution in [0.1, 0.15) is 84.6 Å². The lowest BCUT2D eigenvalue weighted by Gasteiger charge is -2.46. The first-order valence-electron chi connectivity index (χ1n) is 36.1. The van der Waals surface area contributed by atoms with Crippen LogP contribution in [0.25, 0.3) is 116 Å². The standard InChI is InChI=1S/C97H77BN4O/c1-95(2,3)69-44-40-62(41-45-69)68-56-88-93-89(57-68)102(94-73(63-25-13-10-14-26-63)34-23-35-74(94)64-27-15-11-16-28-64)85-50-42-67(55-81(85)98(93)80-48-46-71(97(7,8)9)59-87(80)101(88)83-51-47-70(96(4,5)6)58-77(83)65-29-17-12-18-30-65)92-72(66-43-52-91-79(54-66)76-32-20-22-38-90(76)103-91)33-24-37-86(92)100-82-36-21-19-31-75(82)78-53-61(60-99)39-49-84(78)100/h10-59H,1-9H3. The highest BCUT2D eigenvalue weighted by atomic mass is 16.3. The SMILES string of the molecule is CC(C)(C)c1ccc(-c2cc3c4c(c2)N(c2c(-c5ccccc5)cccc2-c2ccccc2)c2ccc(-c5c(-c6ccc7oc8ccccc8c7c6)cccc5-n5c6ccccc6c6cc(C#N)ccc65)cc2B4c2ccc(C(C)(C)C)cc2N3c2ccc(C(C)(C)C)cc2-c2ccccc2)cc1. The lowest BCUT2D eigenvalue weighted by Crippen LogP contribution is -2.61. The van der Waals surface area contributed by atoms with Gasteiger partial charge in [-0.15, -0.1) is 0 Å². The van der Waals surface area contributed by atoms with E-state index in [0.29, 0.717) is 5.56 Å². The molecule has 494 valence electrons. The first-order chi connectivity index (χ1) is 49.9. The van der Waals surface area contributed by atoms with E-state index in [-0.39, 0.29) is 23.0 Å². The summed E-state index contributed by atoms with van der Waals surface area (Å²) in [4.78, 5) is 5.31. The molecule has 0 amide bonds. The summed E-state index contributed by atoms with van der Waals surface area (Å²) < 4.78 is 8.99. The molecule has 0 radical (unpaired) electrons. The number of aromatic nitrogens is 1. The zero-order chi connectivity index (χ0) is 70.2. The third kappa shape index (κ3) is 10.5. The van der Waals surface area contributed by atoms with Gasteiger partial charge in [0.25, 0.3) is 6.71 Å². The smallest absolute Gasteiger partial charge is 0.252 e. The third-order valence-corrected chi connectivity index (χ3v) is 21.7. The van der Waals surface area contributed by atoms with Crippen molar-refractivity contribution in [1.29, 1.82) is 5.26 Å². The maximum absolute atomic E-state index is 10.4. The molecule has 2 aliphatic heterocycles. The van der Waals surface area contributed by atoms with Crippen molar-refractivity contribution in [2.45, 2.75) is 78.6 Å². The van der Waals surface area contributed by atoms with Gasteiger partial charge in [-0.2, -0.15) is 5.26 Å². The van der Waals surface area contributed by atoms with Crippen LogP contribution in [0.4, 0.5) is 34.1 Å². The monoisotopic (exact) mass is 1320 g/mol. The topological polar surface area (TPSA) is 48.3 Å². The highest BCUT2D eigenvalue weighted by molar-refractivity contribution is 7.00. The van der Waals surface area contributed by atoms with Crippen LogP contribution in [-0.2, 0) is 16.2 Å². The Balaban J connectivity index is 1.00. The second kappa shape index (κ2) is 24.0. The van der Waals surface area contributed by atoms with Gasteiger partial charge in [0, 0.05) is 66.5 Å². The van der Waals surface area contributed by atoms with Gasteiger partial charge in [0.15, 0.2) is 0 Å². The molecule has 0 saturated carbocycles. The van der Waals surface area contributed by atoms with Crippen molar-refractivity contribution in [3.8, 4) is 78.5 Å². The van der Waals surface area contributed by atoms with Crippen LogP contribution in [0.2, 0.25) is 0 Å². The first kappa shape index (κ1) is 63.0. The second-order valence-corrected chi connectivity index (χ2v) is 31.1. The zero-order valence-electron chi connectivity index (χ0n) is 59.6. The summed E-state index contributed by atoms with van der Waals surface area (Å²) in [7, 11) is 0. The van der Waals surface area contributed by atoms with Crippen molar-refractivity contribution in [3.05, 3.63) is 326 Å². The van der Waals surface area contributed by atoms with E-state index in [1.165, 1.54) is 38.6 Å². The zero-order valence-corrected chi connectivity index (χ0v) is 59.6. The number of anilines is 6. The molecule has 0 atom stereocenters. The Morgan fingerprint density at radius 2 is 0.854 bits per heavy atom. The molecule has 2 aliphatic rings. The van der Waals surface area contributed by atoms with Gasteiger partial charge in [-0.1, -0.05) is 281 Å². The molecule has 0 spiro atoms. The lowest BCUT2D eigenvalue weighted by atomic mass is 9.33. The summed E-state index contributed by atoms with van der Waals surface area (Å²) >= 11 is 0. The Kier molecular flexibility index (Phi) is 14.7. The van der Waals surface area contributed by atoms with Gasteiger partial charge in [0.1, 0.15) is 11.2 Å². The normalized spacial score (nSPS) is 12.8. The Hall–Kier alpha value is -12.2. The molecule has 103 heavy (non-hydrogen) atoms. The summed E-state index contributed by atoms with van der Waals surface area (Å²) in [5.74, 6) is 0. The quantitative estimate of drug-likeness (QED) is 0.135. The molecule has 0 bridgehead atoms. The minimum absolute atomic E-state index is 0.0462. The summed E-state index contributed by atoms with van der Waals surface area (Å²) in [6, 6.07) is 116. The number of nitrogens with zero attached hydrogens (tertiary/aromatic N) is 4. The van der Waals surface area contributed by atoms with Gasteiger partial charge in [-0.25, -0.2) is 0 Å². The number of furan rings is 1. The molecule has 0 saturated heterocycles. The van der Waals surface area contributed by atoms with Crippen LogP contribution in [-0.4, -0.2) is 11.3 Å².